The summed E-state index contributed by atoms with van der Waals surface area (Å²) in [5.41, 5.74) is 0.274. The molecular weight excluding hydrogens is 174 g/mol. The van der Waals surface area contributed by atoms with Crippen LogP contribution in [0.15, 0.2) is 0 Å². The number of hydrogen-bond donors (Lipinski definition) is 0. The molecule has 0 N–H and O–H groups in total. The highest BCUT2D eigenvalue weighted by molar-refractivity contribution is 5.85. The third-order valence-corrected chi connectivity index (χ3v) is 2.69. The molecule has 1 aliphatic heterocycles. The Morgan fingerprint density at radius 1 is 1.21 bits per heavy atom. The molecule has 0 bridgehead atoms. The second-order valence-corrected chi connectivity index (χ2v) is 6.58. The van der Waals surface area contributed by atoms with E-state index in [0.717, 1.165) is 13.0 Å². The van der Waals surface area contributed by atoms with Gasteiger partial charge in [-0.2, -0.15) is 0 Å². The lowest BCUT2D eigenvalue weighted by Gasteiger charge is -2.48. The van der Waals surface area contributed by atoms with Crippen LogP contribution in [0.25, 0.3) is 0 Å². The monoisotopic (exact) mass is 197 g/mol. The molecule has 0 aliphatic carbocycles. The fraction of sp³-hybridized carbons (Fsp3) is 0.917. The second kappa shape index (κ2) is 3.25. The Hall–Kier alpha value is -0.530. The van der Waals surface area contributed by atoms with Gasteiger partial charge in [0.15, 0.2) is 0 Å². The first-order valence-electron chi connectivity index (χ1n) is 5.43. The van der Waals surface area contributed by atoms with E-state index in [-0.39, 0.29) is 16.9 Å². The van der Waals surface area contributed by atoms with Crippen LogP contribution in [-0.2, 0) is 4.79 Å². The van der Waals surface area contributed by atoms with Gasteiger partial charge in [-0.05, 0) is 32.6 Å². The van der Waals surface area contributed by atoms with Gasteiger partial charge in [-0.3, -0.25) is 4.79 Å². The van der Waals surface area contributed by atoms with Crippen molar-refractivity contribution < 1.29 is 4.79 Å². The summed E-state index contributed by atoms with van der Waals surface area (Å²) in [6.07, 6.45) is 1.01. The van der Waals surface area contributed by atoms with Gasteiger partial charge in [-0.1, -0.05) is 20.8 Å². The largest absolute Gasteiger partial charge is 0.337 e. The zero-order valence-corrected chi connectivity index (χ0v) is 10.3. The lowest BCUT2D eigenvalue weighted by Crippen LogP contribution is -2.60. The number of likely N-dealkylation sites (tertiary alicyclic amines) is 1. The van der Waals surface area contributed by atoms with E-state index in [1.165, 1.54) is 0 Å². The van der Waals surface area contributed by atoms with Crippen molar-refractivity contribution in [2.24, 2.45) is 11.3 Å². The number of carbonyl (C=O) groups is 1. The van der Waals surface area contributed by atoms with Gasteiger partial charge in [0.25, 0.3) is 0 Å². The SMILES string of the molecule is CC(C)(C)CC1CN(C(C)(C)C)C1=O. The second-order valence-electron chi connectivity index (χ2n) is 6.58. The van der Waals surface area contributed by atoms with Crippen LogP contribution in [-0.4, -0.2) is 22.9 Å². The van der Waals surface area contributed by atoms with E-state index in [2.05, 4.69) is 41.5 Å². The van der Waals surface area contributed by atoms with E-state index in [1.807, 2.05) is 4.90 Å². The molecule has 1 atom stereocenters. The maximum absolute atomic E-state index is 11.8. The van der Waals surface area contributed by atoms with Crippen molar-refractivity contribution in [2.45, 2.75) is 53.5 Å². The summed E-state index contributed by atoms with van der Waals surface area (Å²) < 4.78 is 0. The van der Waals surface area contributed by atoms with Gasteiger partial charge in [-0.25, -0.2) is 0 Å². The number of rotatable bonds is 1. The lowest BCUT2D eigenvalue weighted by molar-refractivity contribution is -0.157. The van der Waals surface area contributed by atoms with Crippen molar-refractivity contribution in [1.29, 1.82) is 0 Å². The van der Waals surface area contributed by atoms with Crippen LogP contribution in [0.2, 0.25) is 0 Å². The zero-order valence-electron chi connectivity index (χ0n) is 10.3. The average Bonchev–Trinajstić information content (AvgIpc) is 1.92. The molecule has 0 aromatic carbocycles. The van der Waals surface area contributed by atoms with Gasteiger partial charge in [0.05, 0.1) is 5.92 Å². The first kappa shape index (κ1) is 11.5. The van der Waals surface area contributed by atoms with Gasteiger partial charge in [0.2, 0.25) is 5.91 Å². The normalized spacial score (nSPS) is 23.7. The van der Waals surface area contributed by atoms with Crippen molar-refractivity contribution in [3.8, 4) is 0 Å². The van der Waals surface area contributed by atoms with Crippen molar-refractivity contribution >= 4 is 5.91 Å². The van der Waals surface area contributed by atoms with Gasteiger partial charge < -0.3 is 4.90 Å². The van der Waals surface area contributed by atoms with Crippen LogP contribution in [0.5, 0.6) is 0 Å². The molecule has 0 aromatic heterocycles. The molecule has 1 heterocycles. The molecule has 2 heteroatoms. The van der Waals surface area contributed by atoms with Crippen LogP contribution in [0.4, 0.5) is 0 Å². The third kappa shape index (κ3) is 2.49. The van der Waals surface area contributed by atoms with Gasteiger partial charge in [0.1, 0.15) is 0 Å². The minimum atomic E-state index is 0.00542. The van der Waals surface area contributed by atoms with E-state index in [1.54, 1.807) is 0 Å². The van der Waals surface area contributed by atoms with E-state index < -0.39 is 0 Å². The van der Waals surface area contributed by atoms with Crippen molar-refractivity contribution in [3.05, 3.63) is 0 Å². The summed E-state index contributed by atoms with van der Waals surface area (Å²) >= 11 is 0. The van der Waals surface area contributed by atoms with Gasteiger partial charge >= 0.3 is 0 Å². The highest BCUT2D eigenvalue weighted by Gasteiger charge is 2.43. The Kier molecular flexibility index (Phi) is 2.68. The summed E-state index contributed by atoms with van der Waals surface area (Å²) in [6, 6.07) is 0. The van der Waals surface area contributed by atoms with Crippen molar-refractivity contribution in [3.63, 3.8) is 0 Å². The van der Waals surface area contributed by atoms with Crippen LogP contribution in [0.3, 0.4) is 0 Å². The maximum Gasteiger partial charge on any atom is 0.227 e. The van der Waals surface area contributed by atoms with Crippen LogP contribution >= 0.6 is 0 Å². The minimum absolute atomic E-state index is 0.00542. The van der Waals surface area contributed by atoms with E-state index in [0.29, 0.717) is 5.91 Å². The molecule has 1 amide bonds. The molecule has 0 saturated carbocycles. The molecule has 82 valence electrons. The molecule has 0 radical (unpaired) electrons. The Bertz CT molecular complexity index is 232. The van der Waals surface area contributed by atoms with Crippen LogP contribution in [0, 0.1) is 11.3 Å². The zero-order chi connectivity index (χ0) is 11.1. The smallest absolute Gasteiger partial charge is 0.227 e. The first-order chi connectivity index (χ1) is 6.11. The van der Waals surface area contributed by atoms with E-state index >= 15 is 0 Å². The summed E-state index contributed by atoms with van der Waals surface area (Å²) in [4.78, 5) is 13.8. The first-order valence-corrected chi connectivity index (χ1v) is 5.43. The van der Waals surface area contributed by atoms with Crippen LogP contribution in [0.1, 0.15) is 48.0 Å². The molecular formula is C12H23NO. The number of β-lactam (4-membered cyclic amide) rings is 1. The number of nitrogens with zero attached hydrogens (tertiary/aromatic N) is 1. The molecule has 1 aliphatic rings. The summed E-state index contributed by atoms with van der Waals surface area (Å²) in [6.45, 7) is 13.8. The molecule has 0 aromatic rings. The Morgan fingerprint density at radius 2 is 1.71 bits per heavy atom. The Morgan fingerprint density at radius 3 is 2.00 bits per heavy atom. The Balaban J connectivity index is 2.49. The summed E-state index contributed by atoms with van der Waals surface area (Å²) in [5, 5.41) is 0. The summed E-state index contributed by atoms with van der Waals surface area (Å²) in [5.74, 6) is 0.613. The molecule has 1 unspecified atom stereocenters. The van der Waals surface area contributed by atoms with Crippen molar-refractivity contribution in [2.75, 3.05) is 6.54 Å². The molecule has 1 fully saturated rings. The molecule has 1 saturated heterocycles. The quantitative estimate of drug-likeness (QED) is 0.592. The Labute approximate surface area is 87.7 Å². The molecule has 2 nitrogen and oxygen atoms in total. The van der Waals surface area contributed by atoms with Gasteiger partial charge in [0, 0.05) is 12.1 Å². The molecule has 14 heavy (non-hydrogen) atoms. The molecule has 0 spiro atoms. The topological polar surface area (TPSA) is 20.3 Å². The van der Waals surface area contributed by atoms with Gasteiger partial charge in [-0.15, -0.1) is 0 Å². The highest BCUT2D eigenvalue weighted by Crippen LogP contribution is 2.34. The fourth-order valence-corrected chi connectivity index (χ4v) is 1.99. The number of hydrogen-bond acceptors (Lipinski definition) is 1. The average molecular weight is 197 g/mol. The standard InChI is InChI=1S/C12H23NO/c1-11(2,3)7-9-8-13(10(9)14)12(4,5)6/h9H,7-8H2,1-6H3. The fourth-order valence-electron chi connectivity index (χ4n) is 1.99. The maximum atomic E-state index is 11.8. The lowest BCUT2D eigenvalue weighted by atomic mass is 9.79. The van der Waals surface area contributed by atoms with Crippen molar-refractivity contribution in [1.82, 2.24) is 4.90 Å². The summed E-state index contributed by atoms with van der Waals surface area (Å²) in [7, 11) is 0. The van der Waals surface area contributed by atoms with Crippen LogP contribution < -0.4 is 0 Å². The number of amides is 1. The third-order valence-electron chi connectivity index (χ3n) is 2.69. The number of carbonyl (C=O) groups excluding carboxylic acids is 1. The van der Waals surface area contributed by atoms with E-state index in [4.69, 9.17) is 0 Å². The predicted molar refractivity (Wildman–Crippen MR) is 59.0 cm³/mol. The molecule has 1 rings (SSSR count). The van der Waals surface area contributed by atoms with E-state index in [9.17, 15) is 4.79 Å². The highest BCUT2D eigenvalue weighted by atomic mass is 16.2. The minimum Gasteiger partial charge on any atom is -0.337 e. The predicted octanol–water partition coefficient (Wildman–Crippen LogP) is 2.68.